The van der Waals surface area contributed by atoms with Crippen LogP contribution in [0.4, 0.5) is 0 Å². The predicted molar refractivity (Wildman–Crippen MR) is 85.2 cm³/mol. The van der Waals surface area contributed by atoms with E-state index in [1.165, 1.54) is 4.90 Å². The van der Waals surface area contributed by atoms with E-state index in [0.29, 0.717) is 23.1 Å². The summed E-state index contributed by atoms with van der Waals surface area (Å²) in [5.74, 6) is 1.26. The third kappa shape index (κ3) is 2.60. The van der Waals surface area contributed by atoms with Crippen molar-refractivity contribution in [1.29, 1.82) is 0 Å². The number of thiocarbonyl (C=S) groups is 1. The van der Waals surface area contributed by atoms with E-state index < -0.39 is 0 Å². The van der Waals surface area contributed by atoms with Gasteiger partial charge in [-0.3, -0.25) is 9.69 Å². The molecule has 1 aromatic heterocycles. The van der Waals surface area contributed by atoms with Gasteiger partial charge in [-0.05, 0) is 31.3 Å². The Labute approximate surface area is 128 Å². The number of hydrogen-bond donors (Lipinski definition) is 1. The number of hydrogen-bond acceptors (Lipinski definition) is 3. The highest BCUT2D eigenvalue weighted by atomic mass is 32.1. The first kappa shape index (κ1) is 13.6. The summed E-state index contributed by atoms with van der Waals surface area (Å²) < 4.78 is 5.75. The Bertz CT molecular complexity index is 719. The standard InChI is InChI=1S/C16H14N2O2S/c1-2-18-15(19)13(17-16(18)21)10-12-8-9-14(20-12)11-6-4-3-5-7-11/h3-10H,2H2,1H3,(H,17,21)/b13-10+. The summed E-state index contributed by atoms with van der Waals surface area (Å²) in [5.41, 5.74) is 1.44. The lowest BCUT2D eigenvalue weighted by Gasteiger charge is -2.08. The Balaban J connectivity index is 1.87. The average Bonchev–Trinajstić information content (AvgIpc) is 3.06. The van der Waals surface area contributed by atoms with Gasteiger partial charge in [0, 0.05) is 18.2 Å². The summed E-state index contributed by atoms with van der Waals surface area (Å²) in [4.78, 5) is 13.6. The van der Waals surface area contributed by atoms with Crippen LogP contribution in [0.2, 0.25) is 0 Å². The normalized spacial score (nSPS) is 16.6. The van der Waals surface area contributed by atoms with Crippen molar-refractivity contribution in [1.82, 2.24) is 10.2 Å². The fraction of sp³-hybridized carbons (Fsp3) is 0.125. The number of benzene rings is 1. The molecular formula is C16H14N2O2S. The molecule has 0 radical (unpaired) electrons. The SMILES string of the molecule is CCN1C(=O)/C(=C\c2ccc(-c3ccccc3)o2)NC1=S. The number of carbonyl (C=O) groups is 1. The second kappa shape index (κ2) is 5.54. The number of nitrogens with one attached hydrogen (secondary N) is 1. The van der Waals surface area contributed by atoms with Crippen molar-refractivity contribution in [2.45, 2.75) is 6.92 Å². The fourth-order valence-electron chi connectivity index (χ4n) is 2.19. The van der Waals surface area contributed by atoms with Crippen molar-refractivity contribution in [3.05, 3.63) is 53.9 Å². The summed E-state index contributed by atoms with van der Waals surface area (Å²) >= 11 is 5.11. The van der Waals surface area contributed by atoms with E-state index in [1.807, 2.05) is 49.4 Å². The van der Waals surface area contributed by atoms with Gasteiger partial charge in [0.2, 0.25) is 0 Å². The number of furan rings is 1. The van der Waals surface area contributed by atoms with Gasteiger partial charge >= 0.3 is 0 Å². The minimum Gasteiger partial charge on any atom is -0.457 e. The number of likely N-dealkylation sites (N-methyl/N-ethyl adjacent to an activating group) is 1. The van der Waals surface area contributed by atoms with Crippen molar-refractivity contribution < 1.29 is 9.21 Å². The summed E-state index contributed by atoms with van der Waals surface area (Å²) in [6.07, 6.45) is 1.68. The molecule has 4 nitrogen and oxygen atoms in total. The summed E-state index contributed by atoms with van der Waals surface area (Å²) in [6, 6.07) is 13.5. The molecule has 0 unspecified atom stereocenters. The van der Waals surface area contributed by atoms with Gasteiger partial charge in [0.25, 0.3) is 5.91 Å². The first-order valence-electron chi connectivity index (χ1n) is 6.69. The molecule has 3 rings (SSSR count). The van der Waals surface area contributed by atoms with Crippen molar-refractivity contribution in [2.24, 2.45) is 0 Å². The van der Waals surface area contributed by atoms with Crippen molar-refractivity contribution in [2.75, 3.05) is 6.54 Å². The molecule has 1 N–H and O–H groups in total. The van der Waals surface area contributed by atoms with E-state index in [9.17, 15) is 4.79 Å². The van der Waals surface area contributed by atoms with Crippen LogP contribution in [0.3, 0.4) is 0 Å². The summed E-state index contributed by atoms with van der Waals surface area (Å²) in [5, 5.41) is 3.34. The molecule has 21 heavy (non-hydrogen) atoms. The minimum atomic E-state index is -0.125. The molecular weight excluding hydrogens is 284 g/mol. The number of carbonyl (C=O) groups excluding carboxylic acids is 1. The third-order valence-electron chi connectivity index (χ3n) is 3.25. The van der Waals surface area contributed by atoms with Gasteiger partial charge in [0.15, 0.2) is 5.11 Å². The number of rotatable bonds is 3. The molecule has 5 heteroatoms. The fourth-order valence-corrected chi connectivity index (χ4v) is 2.51. The van der Waals surface area contributed by atoms with E-state index in [1.54, 1.807) is 6.08 Å². The van der Waals surface area contributed by atoms with Gasteiger partial charge in [-0.2, -0.15) is 0 Å². The Morgan fingerprint density at radius 3 is 2.67 bits per heavy atom. The maximum Gasteiger partial charge on any atom is 0.276 e. The number of nitrogens with zero attached hydrogens (tertiary/aromatic N) is 1. The zero-order valence-corrected chi connectivity index (χ0v) is 12.3. The molecule has 0 bridgehead atoms. The zero-order valence-electron chi connectivity index (χ0n) is 11.5. The molecule has 1 fully saturated rings. The molecule has 1 aromatic carbocycles. The van der Waals surface area contributed by atoms with Crippen molar-refractivity contribution in [3.63, 3.8) is 0 Å². The molecule has 1 aliphatic rings. The lowest BCUT2D eigenvalue weighted by molar-refractivity contribution is -0.122. The summed E-state index contributed by atoms with van der Waals surface area (Å²) in [6.45, 7) is 2.44. The van der Waals surface area contributed by atoms with Gasteiger partial charge in [0.05, 0.1) is 0 Å². The second-order valence-corrected chi connectivity index (χ2v) is 4.99. The van der Waals surface area contributed by atoms with Crippen LogP contribution in [0.1, 0.15) is 12.7 Å². The van der Waals surface area contributed by atoms with E-state index >= 15 is 0 Å². The van der Waals surface area contributed by atoms with Gasteiger partial charge in [-0.1, -0.05) is 30.3 Å². The van der Waals surface area contributed by atoms with E-state index in [-0.39, 0.29) is 5.91 Å². The lowest BCUT2D eigenvalue weighted by atomic mass is 10.2. The lowest BCUT2D eigenvalue weighted by Crippen LogP contribution is -2.30. The highest BCUT2D eigenvalue weighted by molar-refractivity contribution is 7.80. The van der Waals surface area contributed by atoms with Crippen LogP contribution in [0.15, 0.2) is 52.6 Å². The maximum absolute atomic E-state index is 12.1. The first-order valence-corrected chi connectivity index (χ1v) is 7.09. The van der Waals surface area contributed by atoms with Crippen molar-refractivity contribution >= 4 is 29.3 Å². The van der Waals surface area contributed by atoms with Gasteiger partial charge < -0.3 is 9.73 Å². The Hall–Kier alpha value is -2.40. The van der Waals surface area contributed by atoms with Gasteiger partial charge in [0.1, 0.15) is 17.2 Å². The highest BCUT2D eigenvalue weighted by Crippen LogP contribution is 2.23. The minimum absolute atomic E-state index is 0.125. The van der Waals surface area contributed by atoms with Crippen LogP contribution in [0, 0.1) is 0 Å². The monoisotopic (exact) mass is 298 g/mol. The van der Waals surface area contributed by atoms with Crippen LogP contribution >= 0.6 is 12.2 Å². The molecule has 1 saturated heterocycles. The molecule has 0 aliphatic carbocycles. The quantitative estimate of drug-likeness (QED) is 0.699. The van der Waals surface area contributed by atoms with E-state index in [0.717, 1.165) is 11.3 Å². The van der Waals surface area contributed by atoms with Crippen molar-refractivity contribution in [3.8, 4) is 11.3 Å². The third-order valence-corrected chi connectivity index (χ3v) is 3.57. The molecule has 0 saturated carbocycles. The van der Waals surface area contributed by atoms with Crippen LogP contribution in [0.5, 0.6) is 0 Å². The topological polar surface area (TPSA) is 45.5 Å². The van der Waals surface area contributed by atoms with Crippen LogP contribution in [-0.4, -0.2) is 22.5 Å². The molecule has 0 atom stereocenters. The van der Waals surface area contributed by atoms with E-state index in [4.69, 9.17) is 16.6 Å². The molecule has 2 heterocycles. The molecule has 1 aliphatic heterocycles. The Morgan fingerprint density at radius 2 is 2.00 bits per heavy atom. The smallest absolute Gasteiger partial charge is 0.276 e. The number of amides is 1. The van der Waals surface area contributed by atoms with Crippen LogP contribution in [-0.2, 0) is 4.79 Å². The first-order chi connectivity index (χ1) is 10.2. The molecule has 1 amide bonds. The maximum atomic E-state index is 12.1. The zero-order chi connectivity index (χ0) is 14.8. The largest absolute Gasteiger partial charge is 0.457 e. The molecule has 0 spiro atoms. The molecule has 2 aromatic rings. The Morgan fingerprint density at radius 1 is 1.24 bits per heavy atom. The second-order valence-electron chi connectivity index (χ2n) is 4.61. The van der Waals surface area contributed by atoms with Gasteiger partial charge in [-0.25, -0.2) is 0 Å². The average molecular weight is 298 g/mol. The predicted octanol–water partition coefficient (Wildman–Crippen LogP) is 3.02. The Kier molecular flexibility index (Phi) is 3.58. The van der Waals surface area contributed by atoms with Crippen LogP contribution < -0.4 is 5.32 Å². The van der Waals surface area contributed by atoms with Gasteiger partial charge in [-0.15, -0.1) is 0 Å². The van der Waals surface area contributed by atoms with E-state index in [2.05, 4.69) is 5.32 Å². The highest BCUT2D eigenvalue weighted by Gasteiger charge is 2.29. The molecule has 106 valence electrons. The summed E-state index contributed by atoms with van der Waals surface area (Å²) in [7, 11) is 0. The van der Waals surface area contributed by atoms with Crippen LogP contribution in [0.25, 0.3) is 17.4 Å².